The number of nitrogens with zero attached hydrogens (tertiary/aromatic N) is 3. The molecular formula is C19H28N4O3. The summed E-state index contributed by atoms with van der Waals surface area (Å²) in [6.07, 6.45) is 1.88. The van der Waals surface area contributed by atoms with Crippen LogP contribution >= 0.6 is 0 Å². The molecule has 142 valence electrons. The molecule has 2 aromatic rings. The van der Waals surface area contributed by atoms with Gasteiger partial charge < -0.3 is 14.5 Å². The van der Waals surface area contributed by atoms with Gasteiger partial charge in [0.1, 0.15) is 0 Å². The van der Waals surface area contributed by atoms with Crippen LogP contribution in [0.1, 0.15) is 57.0 Å². The van der Waals surface area contributed by atoms with Gasteiger partial charge in [0, 0.05) is 43.1 Å². The molecule has 1 aliphatic rings. The second kappa shape index (κ2) is 8.60. The number of H-pyrrole nitrogens is 1. The van der Waals surface area contributed by atoms with Gasteiger partial charge in [-0.25, -0.2) is 9.67 Å². The van der Waals surface area contributed by atoms with Gasteiger partial charge in [0.25, 0.3) is 0 Å². The standard InChI is InChI=1S/C19H28N4O3/c1-4-25-12-9-23-19(15-5-6-16(24)20-17(15)13(2)3)21-18(22-23)14-7-10-26-11-8-14/h5-6,13-14H,4,7-12H2,1-3H3,(H,20,24). The van der Waals surface area contributed by atoms with Gasteiger partial charge in [-0.15, -0.1) is 0 Å². The Balaban J connectivity index is 2.01. The van der Waals surface area contributed by atoms with Crippen LogP contribution in [0.15, 0.2) is 16.9 Å². The van der Waals surface area contributed by atoms with Crippen molar-refractivity contribution < 1.29 is 9.47 Å². The second-order valence-corrected chi connectivity index (χ2v) is 6.90. The molecular weight excluding hydrogens is 332 g/mol. The van der Waals surface area contributed by atoms with E-state index in [4.69, 9.17) is 19.6 Å². The monoisotopic (exact) mass is 360 g/mol. The van der Waals surface area contributed by atoms with Gasteiger partial charge in [-0.1, -0.05) is 13.8 Å². The van der Waals surface area contributed by atoms with Crippen LogP contribution in [0.5, 0.6) is 0 Å². The lowest BCUT2D eigenvalue weighted by atomic mass is 10.00. The van der Waals surface area contributed by atoms with Crippen molar-refractivity contribution in [3.05, 3.63) is 34.0 Å². The number of rotatable bonds is 7. The van der Waals surface area contributed by atoms with E-state index in [0.29, 0.717) is 25.7 Å². The van der Waals surface area contributed by atoms with E-state index in [0.717, 1.165) is 49.0 Å². The van der Waals surface area contributed by atoms with Gasteiger partial charge in [-0.2, -0.15) is 5.10 Å². The van der Waals surface area contributed by atoms with Gasteiger partial charge in [-0.3, -0.25) is 4.79 Å². The Bertz CT molecular complexity index is 775. The molecule has 3 rings (SSSR count). The molecule has 0 bridgehead atoms. The van der Waals surface area contributed by atoms with E-state index in [1.54, 1.807) is 6.07 Å². The van der Waals surface area contributed by atoms with Crippen molar-refractivity contribution in [2.75, 3.05) is 26.4 Å². The summed E-state index contributed by atoms with van der Waals surface area (Å²) in [6, 6.07) is 3.40. The molecule has 0 spiro atoms. The van der Waals surface area contributed by atoms with Crippen LogP contribution in [0.25, 0.3) is 11.4 Å². The maximum absolute atomic E-state index is 11.8. The molecule has 2 aromatic heterocycles. The molecule has 0 radical (unpaired) electrons. The fourth-order valence-corrected chi connectivity index (χ4v) is 3.28. The molecule has 1 saturated heterocycles. The Hall–Kier alpha value is -1.99. The van der Waals surface area contributed by atoms with Crippen molar-refractivity contribution in [1.29, 1.82) is 0 Å². The number of aromatic amines is 1. The predicted molar refractivity (Wildman–Crippen MR) is 99.5 cm³/mol. The van der Waals surface area contributed by atoms with Gasteiger partial charge >= 0.3 is 0 Å². The van der Waals surface area contributed by atoms with Crippen molar-refractivity contribution in [3.63, 3.8) is 0 Å². The molecule has 26 heavy (non-hydrogen) atoms. The summed E-state index contributed by atoms with van der Waals surface area (Å²) in [4.78, 5) is 19.6. The van der Waals surface area contributed by atoms with E-state index in [9.17, 15) is 4.79 Å². The highest BCUT2D eigenvalue weighted by atomic mass is 16.5. The normalized spacial score (nSPS) is 15.7. The highest BCUT2D eigenvalue weighted by Gasteiger charge is 2.24. The van der Waals surface area contributed by atoms with Gasteiger partial charge in [0.05, 0.1) is 13.2 Å². The van der Waals surface area contributed by atoms with Crippen LogP contribution in [0, 0.1) is 0 Å². The lowest BCUT2D eigenvalue weighted by Gasteiger charge is -2.18. The molecule has 0 atom stereocenters. The van der Waals surface area contributed by atoms with Crippen molar-refractivity contribution in [2.45, 2.75) is 52.0 Å². The molecule has 0 aliphatic carbocycles. The molecule has 0 unspecified atom stereocenters. The topological polar surface area (TPSA) is 82.0 Å². The first-order valence-corrected chi connectivity index (χ1v) is 9.44. The summed E-state index contributed by atoms with van der Waals surface area (Å²) < 4.78 is 12.9. The zero-order valence-corrected chi connectivity index (χ0v) is 15.8. The minimum absolute atomic E-state index is 0.0949. The van der Waals surface area contributed by atoms with Crippen molar-refractivity contribution >= 4 is 0 Å². The number of pyridine rings is 1. The molecule has 3 heterocycles. The fraction of sp³-hybridized carbons (Fsp3) is 0.632. The lowest BCUT2D eigenvalue weighted by molar-refractivity contribution is 0.0834. The zero-order chi connectivity index (χ0) is 18.5. The molecule has 0 amide bonds. The molecule has 7 nitrogen and oxygen atoms in total. The highest BCUT2D eigenvalue weighted by molar-refractivity contribution is 5.59. The first-order valence-electron chi connectivity index (χ1n) is 9.44. The zero-order valence-electron chi connectivity index (χ0n) is 15.8. The molecule has 1 aliphatic heterocycles. The maximum Gasteiger partial charge on any atom is 0.248 e. The molecule has 0 aromatic carbocycles. The van der Waals surface area contributed by atoms with Crippen LogP contribution in [0.2, 0.25) is 0 Å². The minimum atomic E-state index is -0.0949. The lowest BCUT2D eigenvalue weighted by Crippen LogP contribution is -2.16. The maximum atomic E-state index is 11.8. The van der Waals surface area contributed by atoms with Crippen LogP contribution in [0.3, 0.4) is 0 Å². The Labute approximate surface area is 153 Å². The highest BCUT2D eigenvalue weighted by Crippen LogP contribution is 2.29. The van der Waals surface area contributed by atoms with E-state index < -0.39 is 0 Å². The summed E-state index contributed by atoms with van der Waals surface area (Å²) >= 11 is 0. The summed E-state index contributed by atoms with van der Waals surface area (Å²) in [5.41, 5.74) is 1.73. The van der Waals surface area contributed by atoms with Crippen molar-refractivity contribution in [3.8, 4) is 11.4 Å². The Morgan fingerprint density at radius 2 is 2.12 bits per heavy atom. The van der Waals surface area contributed by atoms with Gasteiger partial charge in [-0.05, 0) is 31.7 Å². The van der Waals surface area contributed by atoms with Crippen molar-refractivity contribution in [1.82, 2.24) is 19.7 Å². The van der Waals surface area contributed by atoms with Crippen LogP contribution in [-0.4, -0.2) is 46.2 Å². The van der Waals surface area contributed by atoms with Gasteiger partial charge in [0.2, 0.25) is 5.56 Å². The SMILES string of the molecule is CCOCCn1nc(C2CCOCC2)nc1-c1ccc(=O)[nH]c1C(C)C. The van der Waals surface area contributed by atoms with E-state index in [-0.39, 0.29) is 11.5 Å². The largest absolute Gasteiger partial charge is 0.381 e. The number of aromatic nitrogens is 4. The fourth-order valence-electron chi connectivity index (χ4n) is 3.28. The third kappa shape index (κ3) is 4.22. The molecule has 7 heteroatoms. The number of ether oxygens (including phenoxy) is 2. The summed E-state index contributed by atoms with van der Waals surface area (Å²) in [5, 5.41) is 4.78. The van der Waals surface area contributed by atoms with Crippen molar-refractivity contribution in [2.24, 2.45) is 0 Å². The van der Waals surface area contributed by atoms with Gasteiger partial charge in [0.15, 0.2) is 11.6 Å². The Morgan fingerprint density at radius 1 is 1.35 bits per heavy atom. The average Bonchev–Trinajstić information content (AvgIpc) is 3.06. The quantitative estimate of drug-likeness (QED) is 0.768. The molecule has 0 saturated carbocycles. The Morgan fingerprint density at radius 3 is 2.81 bits per heavy atom. The number of hydrogen-bond donors (Lipinski definition) is 1. The van der Waals surface area contributed by atoms with E-state index in [1.807, 2.05) is 17.7 Å². The van der Waals surface area contributed by atoms with Crippen LogP contribution in [-0.2, 0) is 16.0 Å². The Kier molecular flexibility index (Phi) is 6.21. The third-order valence-electron chi connectivity index (χ3n) is 4.69. The summed E-state index contributed by atoms with van der Waals surface area (Å²) in [7, 11) is 0. The first-order chi connectivity index (χ1) is 12.6. The predicted octanol–water partition coefficient (Wildman–Crippen LogP) is 2.69. The summed E-state index contributed by atoms with van der Waals surface area (Å²) in [6.45, 7) is 9.51. The first kappa shape index (κ1) is 18.8. The smallest absolute Gasteiger partial charge is 0.248 e. The van der Waals surface area contributed by atoms with Crippen LogP contribution in [0.4, 0.5) is 0 Å². The molecule has 1 N–H and O–H groups in total. The second-order valence-electron chi connectivity index (χ2n) is 6.90. The van der Waals surface area contributed by atoms with E-state index in [1.165, 1.54) is 0 Å². The summed E-state index contributed by atoms with van der Waals surface area (Å²) in [5.74, 6) is 2.16. The molecule has 1 fully saturated rings. The number of nitrogens with one attached hydrogen (secondary N) is 1. The van der Waals surface area contributed by atoms with E-state index >= 15 is 0 Å². The number of hydrogen-bond acceptors (Lipinski definition) is 5. The van der Waals surface area contributed by atoms with Crippen LogP contribution < -0.4 is 5.56 Å². The minimum Gasteiger partial charge on any atom is -0.381 e. The van der Waals surface area contributed by atoms with E-state index in [2.05, 4.69) is 18.8 Å². The third-order valence-corrected chi connectivity index (χ3v) is 4.69. The average molecular weight is 360 g/mol.